The first-order valence-corrected chi connectivity index (χ1v) is 6.53. The van der Waals surface area contributed by atoms with Crippen LogP contribution in [0.25, 0.3) is 0 Å². The van der Waals surface area contributed by atoms with Crippen molar-refractivity contribution in [1.29, 1.82) is 0 Å². The zero-order chi connectivity index (χ0) is 13.2. The van der Waals surface area contributed by atoms with Gasteiger partial charge in [-0.1, -0.05) is 29.8 Å². The fourth-order valence-electron chi connectivity index (χ4n) is 2.25. The molecule has 1 fully saturated rings. The molecule has 4 heteroatoms. The summed E-state index contributed by atoms with van der Waals surface area (Å²) < 4.78 is 0. The minimum atomic E-state index is 0.00789. The van der Waals surface area contributed by atoms with E-state index in [0.717, 1.165) is 11.4 Å². The Morgan fingerprint density at radius 3 is 1.89 bits per heavy atom. The van der Waals surface area contributed by atoms with Gasteiger partial charge in [-0.05, 0) is 36.4 Å². The van der Waals surface area contributed by atoms with E-state index in [1.54, 1.807) is 21.9 Å². The summed E-state index contributed by atoms with van der Waals surface area (Å²) in [5, 5.41) is 0.676. The topological polar surface area (TPSA) is 23.6 Å². The molecule has 1 aliphatic heterocycles. The minimum absolute atomic E-state index is 0.00789. The van der Waals surface area contributed by atoms with Gasteiger partial charge in [-0.3, -0.25) is 9.80 Å². The molecule has 0 radical (unpaired) electrons. The fourth-order valence-corrected chi connectivity index (χ4v) is 2.37. The summed E-state index contributed by atoms with van der Waals surface area (Å²) in [6, 6.07) is 17.1. The van der Waals surface area contributed by atoms with Crippen LogP contribution < -0.4 is 9.80 Å². The number of urea groups is 1. The van der Waals surface area contributed by atoms with Crippen LogP contribution in [0.1, 0.15) is 0 Å². The average molecular weight is 273 g/mol. The third kappa shape index (κ3) is 2.29. The number of carbonyl (C=O) groups is 1. The Morgan fingerprint density at radius 2 is 1.32 bits per heavy atom. The second-order valence-corrected chi connectivity index (χ2v) is 4.83. The van der Waals surface area contributed by atoms with Crippen molar-refractivity contribution in [1.82, 2.24) is 0 Å². The molecule has 0 bridgehead atoms. The Morgan fingerprint density at radius 1 is 0.789 bits per heavy atom. The van der Waals surface area contributed by atoms with E-state index in [1.807, 2.05) is 42.5 Å². The molecule has 3 rings (SSSR count). The lowest BCUT2D eigenvalue weighted by atomic mass is 10.3. The SMILES string of the molecule is O=C1N(c2ccccc2)CCN1c1ccc(Cl)cc1. The van der Waals surface area contributed by atoms with Gasteiger partial charge in [0.05, 0.1) is 0 Å². The Kier molecular flexibility index (Phi) is 3.13. The third-order valence-corrected chi connectivity index (χ3v) is 3.47. The molecule has 0 aromatic heterocycles. The number of rotatable bonds is 2. The lowest BCUT2D eigenvalue weighted by Gasteiger charge is -2.18. The van der Waals surface area contributed by atoms with E-state index >= 15 is 0 Å². The van der Waals surface area contributed by atoms with E-state index in [1.165, 1.54) is 0 Å². The van der Waals surface area contributed by atoms with Crippen LogP contribution in [0.15, 0.2) is 54.6 Å². The van der Waals surface area contributed by atoms with E-state index in [4.69, 9.17) is 11.6 Å². The van der Waals surface area contributed by atoms with E-state index in [2.05, 4.69) is 0 Å². The van der Waals surface area contributed by atoms with Gasteiger partial charge in [-0.15, -0.1) is 0 Å². The third-order valence-electron chi connectivity index (χ3n) is 3.22. The monoisotopic (exact) mass is 272 g/mol. The fraction of sp³-hybridized carbons (Fsp3) is 0.133. The standard InChI is InChI=1S/C15H13ClN2O/c16-12-6-8-14(9-7-12)18-11-10-17(15(18)19)13-4-2-1-3-5-13/h1-9H,10-11H2. The molecular formula is C15H13ClN2O. The molecule has 0 saturated carbocycles. The number of halogens is 1. The molecule has 0 N–H and O–H groups in total. The van der Waals surface area contributed by atoms with Crippen molar-refractivity contribution in [3.05, 3.63) is 59.6 Å². The number of nitrogens with zero attached hydrogens (tertiary/aromatic N) is 2. The maximum absolute atomic E-state index is 12.4. The van der Waals surface area contributed by atoms with E-state index in [-0.39, 0.29) is 6.03 Å². The molecule has 1 aliphatic rings. The first-order valence-electron chi connectivity index (χ1n) is 6.15. The maximum atomic E-state index is 12.4. The predicted molar refractivity (Wildman–Crippen MR) is 78.0 cm³/mol. The van der Waals surface area contributed by atoms with Gasteiger partial charge in [0.15, 0.2) is 0 Å². The molecule has 2 aromatic carbocycles. The molecule has 1 heterocycles. The van der Waals surface area contributed by atoms with Crippen LogP contribution >= 0.6 is 11.6 Å². The molecule has 0 unspecified atom stereocenters. The summed E-state index contributed by atoms with van der Waals surface area (Å²) >= 11 is 5.87. The molecule has 2 aromatic rings. The number of carbonyl (C=O) groups excluding carboxylic acids is 1. The summed E-state index contributed by atoms with van der Waals surface area (Å²) in [4.78, 5) is 16.0. The predicted octanol–water partition coefficient (Wildman–Crippen LogP) is 3.79. The number of hydrogen-bond donors (Lipinski definition) is 0. The van der Waals surface area contributed by atoms with Crippen molar-refractivity contribution >= 4 is 29.0 Å². The van der Waals surface area contributed by atoms with Crippen molar-refractivity contribution in [2.45, 2.75) is 0 Å². The summed E-state index contributed by atoms with van der Waals surface area (Å²) in [5.41, 5.74) is 1.82. The summed E-state index contributed by atoms with van der Waals surface area (Å²) in [7, 11) is 0. The zero-order valence-electron chi connectivity index (χ0n) is 10.3. The normalized spacial score (nSPS) is 15.1. The van der Waals surface area contributed by atoms with E-state index < -0.39 is 0 Å². The summed E-state index contributed by atoms with van der Waals surface area (Å²) in [6.07, 6.45) is 0. The largest absolute Gasteiger partial charge is 0.329 e. The molecule has 96 valence electrons. The molecule has 19 heavy (non-hydrogen) atoms. The Balaban J connectivity index is 1.84. The molecule has 1 saturated heterocycles. The first-order chi connectivity index (χ1) is 9.25. The molecular weight excluding hydrogens is 260 g/mol. The van der Waals surface area contributed by atoms with Gasteiger partial charge < -0.3 is 0 Å². The highest BCUT2D eigenvalue weighted by atomic mass is 35.5. The van der Waals surface area contributed by atoms with Gasteiger partial charge in [0, 0.05) is 29.5 Å². The van der Waals surface area contributed by atoms with Gasteiger partial charge in [0.2, 0.25) is 0 Å². The van der Waals surface area contributed by atoms with Gasteiger partial charge in [0.25, 0.3) is 0 Å². The van der Waals surface area contributed by atoms with Crippen LogP contribution in [0.5, 0.6) is 0 Å². The molecule has 0 aliphatic carbocycles. The number of benzene rings is 2. The lowest BCUT2D eigenvalue weighted by Crippen LogP contribution is -2.31. The maximum Gasteiger partial charge on any atom is 0.329 e. The molecule has 2 amide bonds. The van der Waals surface area contributed by atoms with Crippen molar-refractivity contribution in [3.63, 3.8) is 0 Å². The van der Waals surface area contributed by atoms with Crippen LogP contribution in [-0.4, -0.2) is 19.1 Å². The highest BCUT2D eigenvalue weighted by molar-refractivity contribution is 6.30. The van der Waals surface area contributed by atoms with Crippen molar-refractivity contribution in [3.8, 4) is 0 Å². The minimum Gasteiger partial charge on any atom is -0.292 e. The average Bonchev–Trinajstić information content (AvgIpc) is 2.83. The number of anilines is 2. The molecule has 3 nitrogen and oxygen atoms in total. The summed E-state index contributed by atoms with van der Waals surface area (Å²) in [5.74, 6) is 0. The van der Waals surface area contributed by atoms with E-state index in [0.29, 0.717) is 18.1 Å². The Hall–Kier alpha value is -2.00. The number of hydrogen-bond acceptors (Lipinski definition) is 1. The van der Waals surface area contributed by atoms with E-state index in [9.17, 15) is 4.79 Å². The van der Waals surface area contributed by atoms with Crippen LogP contribution in [0, 0.1) is 0 Å². The van der Waals surface area contributed by atoms with Crippen LogP contribution in [-0.2, 0) is 0 Å². The van der Waals surface area contributed by atoms with Gasteiger partial charge in [0.1, 0.15) is 0 Å². The first kappa shape index (κ1) is 12.1. The Labute approximate surface area is 117 Å². The van der Waals surface area contributed by atoms with Crippen molar-refractivity contribution in [2.75, 3.05) is 22.9 Å². The highest BCUT2D eigenvalue weighted by Crippen LogP contribution is 2.25. The quantitative estimate of drug-likeness (QED) is 0.816. The highest BCUT2D eigenvalue weighted by Gasteiger charge is 2.30. The van der Waals surface area contributed by atoms with Crippen LogP contribution in [0.3, 0.4) is 0 Å². The zero-order valence-corrected chi connectivity index (χ0v) is 11.0. The van der Waals surface area contributed by atoms with Gasteiger partial charge in [-0.2, -0.15) is 0 Å². The lowest BCUT2D eigenvalue weighted by molar-refractivity contribution is 0.256. The smallest absolute Gasteiger partial charge is 0.292 e. The Bertz CT molecular complexity index is 583. The molecule has 0 atom stereocenters. The second-order valence-electron chi connectivity index (χ2n) is 4.40. The van der Waals surface area contributed by atoms with Crippen LogP contribution in [0.2, 0.25) is 5.02 Å². The van der Waals surface area contributed by atoms with Crippen molar-refractivity contribution in [2.24, 2.45) is 0 Å². The number of para-hydroxylation sites is 1. The van der Waals surface area contributed by atoms with Crippen LogP contribution in [0.4, 0.5) is 16.2 Å². The van der Waals surface area contributed by atoms with Gasteiger partial charge >= 0.3 is 6.03 Å². The van der Waals surface area contributed by atoms with Crippen molar-refractivity contribution < 1.29 is 4.79 Å². The number of amides is 2. The van der Waals surface area contributed by atoms with Gasteiger partial charge in [-0.25, -0.2) is 4.79 Å². The summed E-state index contributed by atoms with van der Waals surface area (Å²) in [6.45, 7) is 1.39. The second kappa shape index (κ2) is 4.94. The molecule has 0 spiro atoms.